The van der Waals surface area contributed by atoms with E-state index in [0.717, 1.165) is 23.3 Å². The molecule has 0 saturated carbocycles. The molecule has 0 radical (unpaired) electrons. The van der Waals surface area contributed by atoms with E-state index >= 15 is 0 Å². The van der Waals surface area contributed by atoms with Gasteiger partial charge in [0, 0.05) is 5.56 Å². The van der Waals surface area contributed by atoms with E-state index in [4.69, 9.17) is 4.74 Å². The minimum atomic E-state index is -0.457. The Bertz CT molecular complexity index is 556. The summed E-state index contributed by atoms with van der Waals surface area (Å²) in [6, 6.07) is 5.02. The highest BCUT2D eigenvalue weighted by Gasteiger charge is 2.35. The van der Waals surface area contributed by atoms with Gasteiger partial charge in [-0.15, -0.1) is 0 Å². The van der Waals surface area contributed by atoms with Gasteiger partial charge in [-0.3, -0.25) is 9.69 Å². The predicted octanol–water partition coefficient (Wildman–Crippen LogP) is 2.61. The molecule has 1 N–H and O–H groups in total. The smallest absolute Gasteiger partial charge is 0.325 e. The van der Waals surface area contributed by atoms with Crippen LogP contribution >= 0.6 is 0 Å². The van der Waals surface area contributed by atoms with Crippen molar-refractivity contribution in [2.75, 3.05) is 0 Å². The topological polar surface area (TPSA) is 58.6 Å². The second-order valence-electron chi connectivity index (χ2n) is 5.54. The number of rotatable bonds is 5. The van der Waals surface area contributed by atoms with E-state index < -0.39 is 6.04 Å². The summed E-state index contributed by atoms with van der Waals surface area (Å²) in [5.41, 5.74) is 1.93. The average molecular weight is 290 g/mol. The van der Waals surface area contributed by atoms with Gasteiger partial charge in [-0.05, 0) is 38.8 Å². The molecule has 5 nitrogen and oxygen atoms in total. The Hall–Kier alpha value is -2.04. The van der Waals surface area contributed by atoms with Gasteiger partial charge in [-0.1, -0.05) is 19.1 Å². The molecule has 114 valence electrons. The summed E-state index contributed by atoms with van der Waals surface area (Å²) in [6.45, 7) is 7.97. The Morgan fingerprint density at radius 2 is 2.10 bits per heavy atom. The number of benzene rings is 1. The molecule has 0 aromatic heterocycles. The molecule has 2 atom stereocenters. The largest absolute Gasteiger partial charge is 0.490 e. The summed E-state index contributed by atoms with van der Waals surface area (Å²) in [5, 5.41) is 2.62. The lowest BCUT2D eigenvalue weighted by Gasteiger charge is -2.19. The number of nitrogens with one attached hydrogen (secondary N) is 1. The number of imide groups is 1. The molecular formula is C16H22N2O3. The first-order chi connectivity index (χ1) is 9.92. The van der Waals surface area contributed by atoms with Gasteiger partial charge in [-0.25, -0.2) is 4.79 Å². The lowest BCUT2D eigenvalue weighted by atomic mass is 10.1. The van der Waals surface area contributed by atoms with E-state index in [2.05, 4.69) is 12.2 Å². The fourth-order valence-electron chi connectivity index (χ4n) is 2.18. The van der Waals surface area contributed by atoms with Crippen LogP contribution in [0.15, 0.2) is 18.2 Å². The number of urea groups is 1. The quantitative estimate of drug-likeness (QED) is 0.848. The summed E-state index contributed by atoms with van der Waals surface area (Å²) >= 11 is 0. The third kappa shape index (κ3) is 3.35. The van der Waals surface area contributed by atoms with Crippen molar-refractivity contribution in [1.82, 2.24) is 10.2 Å². The fraction of sp³-hybridized carbons (Fsp3) is 0.500. The highest BCUT2D eigenvalue weighted by Crippen LogP contribution is 2.25. The monoisotopic (exact) mass is 290 g/mol. The van der Waals surface area contributed by atoms with Crippen LogP contribution in [-0.4, -0.2) is 29.0 Å². The molecule has 21 heavy (non-hydrogen) atoms. The second kappa shape index (κ2) is 6.16. The van der Waals surface area contributed by atoms with Crippen molar-refractivity contribution in [3.63, 3.8) is 0 Å². The van der Waals surface area contributed by atoms with Crippen LogP contribution in [0.25, 0.3) is 0 Å². The molecule has 0 unspecified atom stereocenters. The van der Waals surface area contributed by atoms with Crippen molar-refractivity contribution < 1.29 is 14.3 Å². The summed E-state index contributed by atoms with van der Waals surface area (Å²) in [5.74, 6) is 0.541. The maximum Gasteiger partial charge on any atom is 0.325 e. The Morgan fingerprint density at radius 3 is 2.67 bits per heavy atom. The zero-order valence-electron chi connectivity index (χ0n) is 13.0. The van der Waals surface area contributed by atoms with Gasteiger partial charge in [-0.2, -0.15) is 0 Å². The Kier molecular flexibility index (Phi) is 4.50. The first kappa shape index (κ1) is 15.4. The number of hydrogen-bond acceptors (Lipinski definition) is 3. The lowest BCUT2D eigenvalue weighted by Crippen LogP contribution is -2.30. The molecular weight excluding hydrogens is 268 g/mol. The van der Waals surface area contributed by atoms with Crippen LogP contribution in [-0.2, 0) is 11.3 Å². The Labute approximate surface area is 125 Å². The third-order valence-electron chi connectivity index (χ3n) is 3.68. The second-order valence-corrected chi connectivity index (χ2v) is 5.54. The van der Waals surface area contributed by atoms with Crippen molar-refractivity contribution in [3.05, 3.63) is 29.3 Å². The fourth-order valence-corrected chi connectivity index (χ4v) is 2.18. The standard InChI is InChI=1S/C16H22N2O3/c1-5-11(3)21-14-8-10(2)6-7-13(14)9-18-15(19)12(4)17-16(18)20/h6-8,11-12H,5,9H2,1-4H3,(H,17,20)/t11-,12-/m0/s1. The van der Waals surface area contributed by atoms with E-state index in [9.17, 15) is 9.59 Å². The highest BCUT2D eigenvalue weighted by atomic mass is 16.5. The van der Waals surface area contributed by atoms with Gasteiger partial charge < -0.3 is 10.1 Å². The molecule has 3 amide bonds. The number of aryl methyl sites for hydroxylation is 1. The van der Waals surface area contributed by atoms with Crippen molar-refractivity contribution in [1.29, 1.82) is 0 Å². The van der Waals surface area contributed by atoms with E-state index in [1.165, 1.54) is 4.90 Å². The molecule has 5 heteroatoms. The van der Waals surface area contributed by atoms with E-state index in [1.54, 1.807) is 6.92 Å². The van der Waals surface area contributed by atoms with Gasteiger partial charge >= 0.3 is 6.03 Å². The molecule has 1 aliphatic rings. The number of nitrogens with zero attached hydrogens (tertiary/aromatic N) is 1. The Balaban J connectivity index is 2.23. The van der Waals surface area contributed by atoms with Gasteiger partial charge in [0.05, 0.1) is 12.6 Å². The first-order valence-corrected chi connectivity index (χ1v) is 7.30. The molecule has 1 fully saturated rings. The van der Waals surface area contributed by atoms with Crippen molar-refractivity contribution in [2.45, 2.75) is 52.8 Å². The van der Waals surface area contributed by atoms with E-state index in [-0.39, 0.29) is 24.6 Å². The van der Waals surface area contributed by atoms with Gasteiger partial charge in [0.15, 0.2) is 0 Å². The van der Waals surface area contributed by atoms with Crippen LogP contribution in [0.2, 0.25) is 0 Å². The maximum atomic E-state index is 12.0. The van der Waals surface area contributed by atoms with E-state index in [0.29, 0.717) is 0 Å². The molecule has 2 rings (SSSR count). The molecule has 0 bridgehead atoms. The van der Waals surface area contributed by atoms with Gasteiger partial charge in [0.1, 0.15) is 11.8 Å². The van der Waals surface area contributed by atoms with E-state index in [1.807, 2.05) is 32.0 Å². The molecule has 1 heterocycles. The van der Waals surface area contributed by atoms with Gasteiger partial charge in [0.2, 0.25) is 0 Å². The summed E-state index contributed by atoms with van der Waals surface area (Å²) in [6.07, 6.45) is 0.987. The third-order valence-corrected chi connectivity index (χ3v) is 3.68. The zero-order chi connectivity index (χ0) is 15.6. The number of carbonyl (C=O) groups excluding carboxylic acids is 2. The molecule has 1 aromatic carbocycles. The molecule has 1 aromatic rings. The summed E-state index contributed by atoms with van der Waals surface area (Å²) < 4.78 is 5.91. The number of ether oxygens (including phenoxy) is 1. The molecule has 1 aliphatic heterocycles. The van der Waals surface area contributed by atoms with Crippen LogP contribution in [0.1, 0.15) is 38.3 Å². The number of hydrogen-bond donors (Lipinski definition) is 1. The SMILES string of the molecule is CC[C@H](C)Oc1cc(C)ccc1CN1C(=O)N[C@@H](C)C1=O. The number of carbonyl (C=O) groups is 2. The van der Waals surface area contributed by atoms with Gasteiger partial charge in [0.25, 0.3) is 5.91 Å². The summed E-state index contributed by atoms with van der Waals surface area (Å²) in [7, 11) is 0. The van der Waals surface area contributed by atoms with Crippen LogP contribution in [0.5, 0.6) is 5.75 Å². The Morgan fingerprint density at radius 1 is 1.38 bits per heavy atom. The lowest BCUT2D eigenvalue weighted by molar-refractivity contribution is -0.127. The van der Waals surface area contributed by atoms with Crippen molar-refractivity contribution >= 4 is 11.9 Å². The average Bonchev–Trinajstić information content (AvgIpc) is 2.67. The normalized spacial score (nSPS) is 19.6. The van der Waals surface area contributed by atoms with Crippen molar-refractivity contribution in [2.24, 2.45) is 0 Å². The molecule has 1 saturated heterocycles. The molecule has 0 spiro atoms. The zero-order valence-corrected chi connectivity index (χ0v) is 13.0. The van der Waals surface area contributed by atoms with Crippen LogP contribution < -0.4 is 10.1 Å². The maximum absolute atomic E-state index is 12.0. The predicted molar refractivity (Wildman–Crippen MR) is 80.1 cm³/mol. The van der Waals surface area contributed by atoms with Crippen molar-refractivity contribution in [3.8, 4) is 5.75 Å². The first-order valence-electron chi connectivity index (χ1n) is 7.30. The minimum Gasteiger partial charge on any atom is -0.490 e. The number of amides is 3. The van der Waals surface area contributed by atoms with Crippen LogP contribution in [0.3, 0.4) is 0 Å². The minimum absolute atomic E-state index is 0.0904. The highest BCUT2D eigenvalue weighted by molar-refractivity contribution is 6.03. The van der Waals surface area contributed by atoms with Crippen LogP contribution in [0, 0.1) is 6.92 Å². The van der Waals surface area contributed by atoms with Crippen LogP contribution in [0.4, 0.5) is 4.79 Å². The molecule has 0 aliphatic carbocycles. The summed E-state index contributed by atoms with van der Waals surface area (Å²) in [4.78, 5) is 25.0.